The van der Waals surface area contributed by atoms with Crippen LogP contribution in [0.1, 0.15) is 27.1 Å². The lowest BCUT2D eigenvalue weighted by molar-refractivity contribution is -0.120. The fourth-order valence-corrected chi connectivity index (χ4v) is 5.06. The molecular formula is C21H19N3O6S2. The fraction of sp³-hybridized carbons (Fsp3) is 0.238. The molecule has 1 unspecified atom stereocenters. The first-order chi connectivity index (χ1) is 15.2. The van der Waals surface area contributed by atoms with E-state index in [-0.39, 0.29) is 28.4 Å². The summed E-state index contributed by atoms with van der Waals surface area (Å²) in [7, 11) is -1.94. The number of nitrogens with zero attached hydrogens (tertiary/aromatic N) is 2. The number of para-hydroxylation sites is 1. The molecule has 0 spiro atoms. The van der Waals surface area contributed by atoms with E-state index in [9.17, 15) is 22.8 Å². The van der Waals surface area contributed by atoms with Gasteiger partial charge in [-0.2, -0.15) is 0 Å². The summed E-state index contributed by atoms with van der Waals surface area (Å²) in [5.74, 6) is -1.79. The Kier molecular flexibility index (Phi) is 5.70. The maximum Gasteiger partial charge on any atom is 0.262 e. The number of fused-ring (bicyclic) bond motifs is 2. The summed E-state index contributed by atoms with van der Waals surface area (Å²) in [6.45, 7) is 0. The summed E-state index contributed by atoms with van der Waals surface area (Å²) in [6, 6.07) is 10.3. The average Bonchev–Trinajstić information content (AvgIpc) is 3.27. The summed E-state index contributed by atoms with van der Waals surface area (Å²) < 4.78 is 29.6. The van der Waals surface area contributed by atoms with E-state index in [0.29, 0.717) is 11.3 Å². The Hall–Kier alpha value is -3.31. The number of imide groups is 1. The molecule has 4 rings (SSSR count). The number of carbonyl (C=O) groups excluding carboxylic acids is 3. The lowest BCUT2D eigenvalue weighted by Gasteiger charge is -2.24. The maximum atomic E-state index is 13.2. The van der Waals surface area contributed by atoms with Gasteiger partial charge in [-0.05, 0) is 30.7 Å². The molecule has 1 aliphatic heterocycles. The van der Waals surface area contributed by atoms with Crippen LogP contribution < -0.4 is 10.1 Å². The molecule has 1 atom stereocenters. The Bertz CT molecular complexity index is 1310. The normalized spacial score (nSPS) is 14.5. The summed E-state index contributed by atoms with van der Waals surface area (Å²) in [5.41, 5.74) is 0.919. The minimum atomic E-state index is -3.45. The summed E-state index contributed by atoms with van der Waals surface area (Å²) in [5, 5.41) is 2.88. The number of sulfone groups is 1. The molecule has 0 bridgehead atoms. The van der Waals surface area contributed by atoms with Gasteiger partial charge in [0, 0.05) is 6.26 Å². The van der Waals surface area contributed by atoms with Gasteiger partial charge in [0.05, 0.1) is 28.7 Å². The molecular weight excluding hydrogens is 454 g/mol. The molecule has 9 nitrogen and oxygen atoms in total. The number of carbonyl (C=O) groups is 3. The molecule has 1 aromatic heterocycles. The second-order valence-electron chi connectivity index (χ2n) is 7.28. The van der Waals surface area contributed by atoms with Gasteiger partial charge in [-0.1, -0.05) is 29.5 Å². The highest BCUT2D eigenvalue weighted by Crippen LogP contribution is 2.33. The standard InChI is InChI=1S/C21H19N3O6S2/c1-30-15-8-5-9-16-17(15)22-21(31-16)23-18(25)14(10-11-32(2,28)29)24-19(26)12-6-3-4-7-13(12)20(24)27/h3-9,14H,10-11H2,1-2H3,(H,22,23,25). The van der Waals surface area contributed by atoms with E-state index in [2.05, 4.69) is 10.3 Å². The molecule has 3 amide bonds. The molecule has 32 heavy (non-hydrogen) atoms. The van der Waals surface area contributed by atoms with E-state index in [1.54, 1.807) is 24.3 Å². The molecule has 0 fully saturated rings. The third-order valence-electron chi connectivity index (χ3n) is 5.03. The molecule has 166 valence electrons. The Morgan fingerprint density at radius 2 is 1.78 bits per heavy atom. The number of thiazole rings is 1. The van der Waals surface area contributed by atoms with Crippen molar-refractivity contribution in [1.29, 1.82) is 0 Å². The van der Waals surface area contributed by atoms with Crippen LogP contribution in [0.4, 0.5) is 5.13 Å². The summed E-state index contributed by atoms with van der Waals surface area (Å²) in [6.07, 6.45) is 0.800. The summed E-state index contributed by atoms with van der Waals surface area (Å²) in [4.78, 5) is 44.2. The number of methoxy groups -OCH3 is 1. The van der Waals surface area contributed by atoms with Crippen molar-refractivity contribution in [2.24, 2.45) is 0 Å². The second kappa shape index (κ2) is 8.32. The molecule has 1 N–H and O–H groups in total. The van der Waals surface area contributed by atoms with Gasteiger partial charge in [0.25, 0.3) is 11.8 Å². The van der Waals surface area contributed by atoms with Gasteiger partial charge in [-0.25, -0.2) is 13.4 Å². The molecule has 0 radical (unpaired) electrons. The number of nitrogens with one attached hydrogen (secondary N) is 1. The highest BCUT2D eigenvalue weighted by Gasteiger charge is 2.43. The van der Waals surface area contributed by atoms with E-state index in [0.717, 1.165) is 15.9 Å². The SMILES string of the molecule is COc1cccc2sc(NC(=O)C(CCS(C)(=O)=O)N3C(=O)c4ccccc4C3=O)nc12. The van der Waals surface area contributed by atoms with Gasteiger partial charge >= 0.3 is 0 Å². The zero-order valence-electron chi connectivity index (χ0n) is 17.2. The molecule has 1 aliphatic rings. The Balaban J connectivity index is 1.66. The minimum absolute atomic E-state index is 0.180. The Labute approximate surface area is 187 Å². The Morgan fingerprint density at radius 3 is 2.38 bits per heavy atom. The average molecular weight is 474 g/mol. The van der Waals surface area contributed by atoms with Gasteiger partial charge in [-0.3, -0.25) is 19.3 Å². The van der Waals surface area contributed by atoms with Crippen LogP contribution in [0, 0.1) is 0 Å². The van der Waals surface area contributed by atoms with E-state index < -0.39 is 33.6 Å². The largest absolute Gasteiger partial charge is 0.494 e. The van der Waals surface area contributed by atoms with Crippen molar-refractivity contribution in [2.45, 2.75) is 12.5 Å². The van der Waals surface area contributed by atoms with Crippen molar-refractivity contribution >= 4 is 54.2 Å². The summed E-state index contributed by atoms with van der Waals surface area (Å²) >= 11 is 1.20. The fourth-order valence-electron chi connectivity index (χ4n) is 3.52. The van der Waals surface area contributed by atoms with Crippen molar-refractivity contribution in [2.75, 3.05) is 24.4 Å². The monoisotopic (exact) mass is 473 g/mol. The van der Waals surface area contributed by atoms with Crippen LogP contribution in [-0.4, -0.2) is 61.2 Å². The number of aromatic nitrogens is 1. The quantitative estimate of drug-likeness (QED) is 0.523. The van der Waals surface area contributed by atoms with Gasteiger partial charge in [-0.15, -0.1) is 0 Å². The highest BCUT2D eigenvalue weighted by atomic mass is 32.2. The minimum Gasteiger partial charge on any atom is -0.494 e. The molecule has 11 heteroatoms. The van der Waals surface area contributed by atoms with Crippen molar-refractivity contribution in [3.8, 4) is 5.75 Å². The van der Waals surface area contributed by atoms with Crippen LogP contribution in [0.5, 0.6) is 5.75 Å². The van der Waals surface area contributed by atoms with Crippen molar-refractivity contribution < 1.29 is 27.5 Å². The number of ether oxygens (including phenoxy) is 1. The highest BCUT2D eigenvalue weighted by molar-refractivity contribution is 7.90. The van der Waals surface area contributed by atoms with Crippen LogP contribution in [0.25, 0.3) is 10.2 Å². The zero-order valence-corrected chi connectivity index (χ0v) is 18.8. The van der Waals surface area contributed by atoms with Gasteiger partial charge in [0.2, 0.25) is 5.91 Å². The smallest absolute Gasteiger partial charge is 0.262 e. The molecule has 0 aliphatic carbocycles. The molecule has 2 heterocycles. The number of hydrogen-bond acceptors (Lipinski definition) is 8. The van der Waals surface area contributed by atoms with E-state index in [1.807, 2.05) is 6.07 Å². The number of anilines is 1. The number of hydrogen-bond donors (Lipinski definition) is 1. The van der Waals surface area contributed by atoms with Crippen LogP contribution in [-0.2, 0) is 14.6 Å². The van der Waals surface area contributed by atoms with Gasteiger partial charge < -0.3 is 10.1 Å². The number of amides is 3. The van der Waals surface area contributed by atoms with Crippen molar-refractivity contribution in [1.82, 2.24) is 9.88 Å². The topological polar surface area (TPSA) is 123 Å². The van der Waals surface area contributed by atoms with Crippen LogP contribution in [0.3, 0.4) is 0 Å². The van der Waals surface area contributed by atoms with Crippen LogP contribution >= 0.6 is 11.3 Å². The lowest BCUT2D eigenvalue weighted by atomic mass is 10.1. The van der Waals surface area contributed by atoms with Crippen molar-refractivity contribution in [3.05, 3.63) is 53.6 Å². The number of benzene rings is 2. The molecule has 2 aromatic carbocycles. The first-order valence-corrected chi connectivity index (χ1v) is 12.5. The van der Waals surface area contributed by atoms with Gasteiger partial charge in [0.1, 0.15) is 27.1 Å². The molecule has 0 saturated heterocycles. The van der Waals surface area contributed by atoms with Gasteiger partial charge in [0.15, 0.2) is 5.13 Å². The molecule has 3 aromatic rings. The number of rotatable bonds is 7. The molecule has 0 saturated carbocycles. The zero-order chi connectivity index (χ0) is 23.0. The first-order valence-electron chi connectivity index (χ1n) is 9.58. The van der Waals surface area contributed by atoms with Crippen LogP contribution in [0.15, 0.2) is 42.5 Å². The third kappa shape index (κ3) is 4.08. The maximum absolute atomic E-state index is 13.2. The van der Waals surface area contributed by atoms with Crippen molar-refractivity contribution in [3.63, 3.8) is 0 Å². The van der Waals surface area contributed by atoms with E-state index in [1.165, 1.54) is 30.6 Å². The first kappa shape index (κ1) is 21.9. The Morgan fingerprint density at radius 1 is 1.12 bits per heavy atom. The van der Waals surface area contributed by atoms with E-state index in [4.69, 9.17) is 4.74 Å². The van der Waals surface area contributed by atoms with Crippen LogP contribution in [0.2, 0.25) is 0 Å². The second-order valence-corrected chi connectivity index (χ2v) is 10.6. The predicted molar refractivity (Wildman–Crippen MR) is 120 cm³/mol. The van der Waals surface area contributed by atoms with E-state index >= 15 is 0 Å². The third-order valence-corrected chi connectivity index (χ3v) is 6.95. The predicted octanol–water partition coefficient (Wildman–Crippen LogP) is 2.34. The lowest BCUT2D eigenvalue weighted by Crippen LogP contribution is -2.48.